The smallest absolute Gasteiger partial charge is 0.226 e. The monoisotopic (exact) mass is 197 g/mol. The third-order valence-corrected chi connectivity index (χ3v) is 2.17. The number of nitrogens with one attached hydrogen (secondary N) is 1. The minimum Gasteiger partial charge on any atom is -0.339 e. The van der Waals surface area contributed by atoms with Gasteiger partial charge in [0.2, 0.25) is 5.89 Å². The lowest BCUT2D eigenvalue weighted by molar-refractivity contribution is 0.363. The molecule has 80 valence electrons. The van der Waals surface area contributed by atoms with Crippen molar-refractivity contribution in [2.75, 3.05) is 6.54 Å². The Hall–Kier alpha value is -0.900. The number of hydrogen-bond acceptors (Lipinski definition) is 4. The van der Waals surface area contributed by atoms with Gasteiger partial charge in [-0.3, -0.25) is 0 Å². The van der Waals surface area contributed by atoms with Crippen LogP contribution in [0.25, 0.3) is 0 Å². The van der Waals surface area contributed by atoms with E-state index in [0.717, 1.165) is 37.5 Å². The van der Waals surface area contributed by atoms with Gasteiger partial charge in [-0.15, -0.1) is 0 Å². The third-order valence-electron chi connectivity index (χ3n) is 2.17. The molecule has 4 nitrogen and oxygen atoms in total. The fourth-order valence-electron chi connectivity index (χ4n) is 1.33. The first kappa shape index (κ1) is 11.2. The van der Waals surface area contributed by atoms with Gasteiger partial charge in [-0.2, -0.15) is 4.98 Å². The maximum Gasteiger partial charge on any atom is 0.226 e. The van der Waals surface area contributed by atoms with E-state index in [0.29, 0.717) is 6.04 Å². The Kier molecular flexibility index (Phi) is 4.59. The second kappa shape index (κ2) is 5.75. The Bertz CT molecular complexity index is 260. The average molecular weight is 197 g/mol. The molecule has 1 atom stereocenters. The average Bonchev–Trinajstić information content (AvgIpc) is 2.63. The van der Waals surface area contributed by atoms with Gasteiger partial charge < -0.3 is 9.84 Å². The van der Waals surface area contributed by atoms with E-state index in [1.807, 2.05) is 6.92 Å². The summed E-state index contributed by atoms with van der Waals surface area (Å²) in [6.45, 7) is 7.31. The Balaban J connectivity index is 2.30. The summed E-state index contributed by atoms with van der Waals surface area (Å²) in [6, 6.07) is 0.511. The van der Waals surface area contributed by atoms with E-state index in [-0.39, 0.29) is 0 Å². The molecule has 0 aromatic carbocycles. The molecule has 0 radical (unpaired) electrons. The van der Waals surface area contributed by atoms with Gasteiger partial charge in [0.15, 0.2) is 5.82 Å². The second-order valence-electron chi connectivity index (χ2n) is 3.46. The fraction of sp³-hybridized carbons (Fsp3) is 0.800. The molecule has 0 aliphatic rings. The van der Waals surface area contributed by atoms with Crippen LogP contribution >= 0.6 is 0 Å². The lowest BCUT2D eigenvalue weighted by atomic mass is 10.2. The summed E-state index contributed by atoms with van der Waals surface area (Å²) < 4.78 is 5.10. The van der Waals surface area contributed by atoms with Crippen LogP contribution in [-0.2, 0) is 12.8 Å². The van der Waals surface area contributed by atoms with Crippen molar-refractivity contribution < 1.29 is 4.52 Å². The molecule has 1 aromatic heterocycles. The zero-order valence-electron chi connectivity index (χ0n) is 9.21. The predicted molar refractivity (Wildman–Crippen MR) is 55.1 cm³/mol. The number of nitrogens with zero attached hydrogens (tertiary/aromatic N) is 2. The van der Waals surface area contributed by atoms with Gasteiger partial charge >= 0.3 is 0 Å². The van der Waals surface area contributed by atoms with E-state index in [9.17, 15) is 0 Å². The zero-order chi connectivity index (χ0) is 10.4. The van der Waals surface area contributed by atoms with Crippen molar-refractivity contribution in [2.45, 2.75) is 46.1 Å². The van der Waals surface area contributed by atoms with Crippen LogP contribution in [0.2, 0.25) is 0 Å². The summed E-state index contributed by atoms with van der Waals surface area (Å²) in [5.74, 6) is 1.56. The first-order valence-corrected chi connectivity index (χ1v) is 5.31. The molecule has 0 aliphatic carbocycles. The molecule has 0 aliphatic heterocycles. The normalized spacial score (nSPS) is 13.1. The molecule has 0 amide bonds. The van der Waals surface area contributed by atoms with Gasteiger partial charge in [0, 0.05) is 18.9 Å². The summed E-state index contributed by atoms with van der Waals surface area (Å²) in [6.07, 6.45) is 2.74. The SMILES string of the molecule is CCNC(C)CCc1nc(CC)no1. The van der Waals surface area contributed by atoms with Crippen LogP contribution in [0.3, 0.4) is 0 Å². The van der Waals surface area contributed by atoms with Crippen molar-refractivity contribution >= 4 is 0 Å². The fourth-order valence-corrected chi connectivity index (χ4v) is 1.33. The predicted octanol–water partition coefficient (Wildman–Crippen LogP) is 1.56. The minimum atomic E-state index is 0.511. The zero-order valence-corrected chi connectivity index (χ0v) is 9.21. The molecule has 1 rings (SSSR count). The van der Waals surface area contributed by atoms with E-state index in [4.69, 9.17) is 4.52 Å². The quantitative estimate of drug-likeness (QED) is 0.752. The van der Waals surface area contributed by atoms with E-state index in [1.54, 1.807) is 0 Å². The highest BCUT2D eigenvalue weighted by atomic mass is 16.5. The number of rotatable bonds is 6. The molecule has 0 fully saturated rings. The first-order chi connectivity index (χ1) is 6.76. The van der Waals surface area contributed by atoms with Crippen LogP contribution in [0.15, 0.2) is 4.52 Å². The molecule has 0 saturated heterocycles. The maximum absolute atomic E-state index is 5.10. The lowest BCUT2D eigenvalue weighted by Crippen LogP contribution is -2.25. The van der Waals surface area contributed by atoms with Crippen LogP contribution in [-0.4, -0.2) is 22.7 Å². The molecular formula is C10H19N3O. The highest BCUT2D eigenvalue weighted by molar-refractivity contribution is 4.86. The summed E-state index contributed by atoms with van der Waals surface area (Å²) in [7, 11) is 0. The standard InChI is InChI=1S/C10H19N3O/c1-4-9-12-10(14-13-9)7-6-8(3)11-5-2/h8,11H,4-7H2,1-3H3. The summed E-state index contributed by atoms with van der Waals surface area (Å²) >= 11 is 0. The molecular weight excluding hydrogens is 178 g/mol. The van der Waals surface area contributed by atoms with Crippen LogP contribution in [0.4, 0.5) is 0 Å². The van der Waals surface area contributed by atoms with E-state index in [1.165, 1.54) is 0 Å². The van der Waals surface area contributed by atoms with Gasteiger partial charge in [0.25, 0.3) is 0 Å². The van der Waals surface area contributed by atoms with Gasteiger partial charge in [0.1, 0.15) is 0 Å². The van der Waals surface area contributed by atoms with Crippen molar-refractivity contribution in [3.05, 3.63) is 11.7 Å². The molecule has 1 N–H and O–H groups in total. The minimum absolute atomic E-state index is 0.511. The Morgan fingerprint density at radius 3 is 2.79 bits per heavy atom. The highest BCUT2D eigenvalue weighted by Crippen LogP contribution is 2.03. The Morgan fingerprint density at radius 2 is 2.21 bits per heavy atom. The second-order valence-corrected chi connectivity index (χ2v) is 3.46. The van der Waals surface area contributed by atoms with Crippen LogP contribution in [0, 0.1) is 0 Å². The maximum atomic E-state index is 5.10. The van der Waals surface area contributed by atoms with Gasteiger partial charge in [-0.1, -0.05) is 19.0 Å². The van der Waals surface area contributed by atoms with Gasteiger partial charge in [-0.05, 0) is 19.9 Å². The van der Waals surface area contributed by atoms with E-state index < -0.39 is 0 Å². The highest BCUT2D eigenvalue weighted by Gasteiger charge is 2.06. The number of aromatic nitrogens is 2. The van der Waals surface area contributed by atoms with Crippen molar-refractivity contribution in [1.29, 1.82) is 0 Å². The number of hydrogen-bond donors (Lipinski definition) is 1. The molecule has 1 unspecified atom stereocenters. The third kappa shape index (κ3) is 3.46. The molecule has 14 heavy (non-hydrogen) atoms. The molecule has 0 bridgehead atoms. The Morgan fingerprint density at radius 1 is 1.43 bits per heavy atom. The van der Waals surface area contributed by atoms with Crippen molar-refractivity contribution in [2.24, 2.45) is 0 Å². The van der Waals surface area contributed by atoms with Crippen molar-refractivity contribution in [3.8, 4) is 0 Å². The van der Waals surface area contributed by atoms with Crippen molar-refractivity contribution in [3.63, 3.8) is 0 Å². The molecule has 0 spiro atoms. The van der Waals surface area contributed by atoms with Crippen LogP contribution < -0.4 is 5.32 Å². The largest absolute Gasteiger partial charge is 0.339 e. The summed E-state index contributed by atoms with van der Waals surface area (Å²) in [5.41, 5.74) is 0. The topological polar surface area (TPSA) is 51.0 Å². The van der Waals surface area contributed by atoms with Crippen LogP contribution in [0.5, 0.6) is 0 Å². The van der Waals surface area contributed by atoms with E-state index >= 15 is 0 Å². The van der Waals surface area contributed by atoms with Crippen molar-refractivity contribution in [1.82, 2.24) is 15.5 Å². The summed E-state index contributed by atoms with van der Waals surface area (Å²) in [4.78, 5) is 4.26. The first-order valence-electron chi connectivity index (χ1n) is 5.31. The molecule has 4 heteroatoms. The molecule has 0 saturated carbocycles. The Labute approximate surface area is 85.1 Å². The van der Waals surface area contributed by atoms with Gasteiger partial charge in [0.05, 0.1) is 0 Å². The number of aryl methyl sites for hydroxylation is 2. The lowest BCUT2D eigenvalue weighted by Gasteiger charge is -2.09. The van der Waals surface area contributed by atoms with Gasteiger partial charge in [-0.25, -0.2) is 0 Å². The van der Waals surface area contributed by atoms with Crippen LogP contribution in [0.1, 0.15) is 38.9 Å². The molecule has 1 aromatic rings. The molecule has 1 heterocycles. The van der Waals surface area contributed by atoms with E-state index in [2.05, 4.69) is 29.3 Å². The summed E-state index contributed by atoms with van der Waals surface area (Å²) in [5, 5.41) is 7.20.